The summed E-state index contributed by atoms with van der Waals surface area (Å²) in [5, 5.41) is 0.567. The van der Waals surface area contributed by atoms with Crippen LogP contribution in [0.2, 0.25) is 5.02 Å². The van der Waals surface area contributed by atoms with Crippen LogP contribution in [0.3, 0.4) is 0 Å². The Morgan fingerprint density at radius 3 is 2.79 bits per heavy atom. The van der Waals surface area contributed by atoms with Gasteiger partial charge in [0.1, 0.15) is 18.5 Å². The van der Waals surface area contributed by atoms with E-state index in [-0.39, 0.29) is 12.0 Å². The number of hydrogen-bond donors (Lipinski definition) is 0. The van der Waals surface area contributed by atoms with E-state index < -0.39 is 6.10 Å². The zero-order valence-electron chi connectivity index (χ0n) is 16.0. The molecule has 1 fully saturated rings. The smallest absolute Gasteiger partial charge is 0.263 e. The van der Waals surface area contributed by atoms with Crippen molar-refractivity contribution in [3.8, 4) is 17.2 Å². The lowest BCUT2D eigenvalue weighted by Crippen LogP contribution is -2.51. The molecule has 3 rings (SSSR count). The number of rotatable bonds is 7. The Hall–Kier alpha value is -2.44. The molecular weight excluding hydrogens is 382 g/mol. The SMILES string of the molecule is COc1ccccc1OCC1CN(C(=O)C(C)Oc2cccc(Cl)c2)CCO1. The molecular formula is C21H24ClNO5. The number of nitrogens with zero attached hydrogens (tertiary/aromatic N) is 1. The Morgan fingerprint density at radius 2 is 2.04 bits per heavy atom. The van der Waals surface area contributed by atoms with Crippen molar-refractivity contribution in [1.82, 2.24) is 4.90 Å². The summed E-state index contributed by atoms with van der Waals surface area (Å²) >= 11 is 5.97. The third-order valence-corrected chi connectivity index (χ3v) is 4.64. The van der Waals surface area contributed by atoms with Gasteiger partial charge in [0, 0.05) is 11.6 Å². The lowest BCUT2D eigenvalue weighted by Gasteiger charge is -2.34. The van der Waals surface area contributed by atoms with Crippen molar-refractivity contribution < 1.29 is 23.7 Å². The predicted molar refractivity (Wildman–Crippen MR) is 106 cm³/mol. The van der Waals surface area contributed by atoms with Crippen LogP contribution >= 0.6 is 11.6 Å². The molecule has 2 unspecified atom stereocenters. The van der Waals surface area contributed by atoms with E-state index in [1.54, 1.807) is 43.2 Å². The van der Waals surface area contributed by atoms with Crippen molar-refractivity contribution in [3.63, 3.8) is 0 Å². The van der Waals surface area contributed by atoms with Crippen LogP contribution < -0.4 is 14.2 Å². The number of morpholine rings is 1. The number of methoxy groups -OCH3 is 1. The van der Waals surface area contributed by atoms with Gasteiger partial charge in [-0.25, -0.2) is 0 Å². The number of halogens is 1. The molecule has 1 amide bonds. The molecule has 1 saturated heterocycles. The van der Waals surface area contributed by atoms with E-state index in [2.05, 4.69) is 0 Å². The second kappa shape index (κ2) is 9.66. The maximum Gasteiger partial charge on any atom is 0.263 e. The number of para-hydroxylation sites is 2. The minimum absolute atomic E-state index is 0.0921. The standard InChI is InChI=1S/C21H24ClNO5/c1-15(28-17-7-5-6-16(22)12-17)21(24)23-10-11-26-18(13-23)14-27-20-9-4-3-8-19(20)25-2/h3-9,12,15,18H,10-11,13-14H2,1-2H3. The van der Waals surface area contributed by atoms with Crippen LogP contribution in [0.4, 0.5) is 0 Å². The quantitative estimate of drug-likeness (QED) is 0.706. The monoisotopic (exact) mass is 405 g/mol. The van der Waals surface area contributed by atoms with Gasteiger partial charge < -0.3 is 23.8 Å². The molecule has 7 heteroatoms. The highest BCUT2D eigenvalue weighted by Gasteiger charge is 2.29. The van der Waals surface area contributed by atoms with Gasteiger partial charge in [0.15, 0.2) is 17.6 Å². The number of carbonyl (C=O) groups excluding carboxylic acids is 1. The Kier molecular flexibility index (Phi) is 7.01. The van der Waals surface area contributed by atoms with Gasteiger partial charge in [0.2, 0.25) is 0 Å². The summed E-state index contributed by atoms with van der Waals surface area (Å²) in [6, 6.07) is 14.4. The first-order chi connectivity index (χ1) is 13.6. The Balaban J connectivity index is 1.54. The Bertz CT molecular complexity index is 800. The van der Waals surface area contributed by atoms with Gasteiger partial charge >= 0.3 is 0 Å². The Labute approximate surface area is 169 Å². The normalized spacial score (nSPS) is 17.7. The molecule has 0 radical (unpaired) electrons. The largest absolute Gasteiger partial charge is 0.493 e. The Morgan fingerprint density at radius 1 is 1.25 bits per heavy atom. The van der Waals surface area contributed by atoms with Gasteiger partial charge in [0.05, 0.1) is 20.3 Å². The molecule has 6 nitrogen and oxygen atoms in total. The number of ether oxygens (including phenoxy) is 4. The lowest BCUT2D eigenvalue weighted by molar-refractivity contribution is -0.146. The van der Waals surface area contributed by atoms with Crippen molar-refractivity contribution in [1.29, 1.82) is 0 Å². The molecule has 0 N–H and O–H groups in total. The minimum Gasteiger partial charge on any atom is -0.493 e. The highest BCUT2D eigenvalue weighted by atomic mass is 35.5. The highest BCUT2D eigenvalue weighted by molar-refractivity contribution is 6.30. The van der Waals surface area contributed by atoms with Gasteiger partial charge in [-0.3, -0.25) is 4.79 Å². The third kappa shape index (κ3) is 5.30. The maximum atomic E-state index is 12.8. The van der Waals surface area contributed by atoms with Crippen LogP contribution in [0.5, 0.6) is 17.2 Å². The summed E-state index contributed by atoms with van der Waals surface area (Å²) < 4.78 is 22.6. The average molecular weight is 406 g/mol. The fourth-order valence-electron chi connectivity index (χ4n) is 2.99. The summed E-state index contributed by atoms with van der Waals surface area (Å²) in [7, 11) is 1.60. The van der Waals surface area contributed by atoms with E-state index >= 15 is 0 Å². The third-order valence-electron chi connectivity index (χ3n) is 4.40. The van der Waals surface area contributed by atoms with Crippen LogP contribution in [0.1, 0.15) is 6.92 Å². The van der Waals surface area contributed by atoms with E-state index in [0.717, 1.165) is 0 Å². The summed E-state index contributed by atoms with van der Waals surface area (Å²) in [5.41, 5.74) is 0. The van der Waals surface area contributed by atoms with E-state index in [4.69, 9.17) is 30.5 Å². The molecule has 2 aromatic rings. The van der Waals surface area contributed by atoms with Crippen molar-refractivity contribution in [2.24, 2.45) is 0 Å². The fraction of sp³-hybridized carbons (Fsp3) is 0.381. The van der Waals surface area contributed by atoms with Crippen LogP contribution in [0, 0.1) is 0 Å². The topological polar surface area (TPSA) is 57.2 Å². The van der Waals surface area contributed by atoms with Crippen LogP contribution in [-0.4, -0.2) is 56.4 Å². The first-order valence-electron chi connectivity index (χ1n) is 9.15. The highest BCUT2D eigenvalue weighted by Crippen LogP contribution is 2.26. The van der Waals surface area contributed by atoms with Gasteiger partial charge in [-0.15, -0.1) is 0 Å². The van der Waals surface area contributed by atoms with Gasteiger partial charge in [-0.05, 0) is 37.3 Å². The molecule has 150 valence electrons. The van der Waals surface area contributed by atoms with Crippen LogP contribution in [0.15, 0.2) is 48.5 Å². The molecule has 0 saturated carbocycles. The van der Waals surface area contributed by atoms with Crippen LogP contribution in [-0.2, 0) is 9.53 Å². The molecule has 28 heavy (non-hydrogen) atoms. The molecule has 1 aliphatic rings. The van der Waals surface area contributed by atoms with Crippen molar-refractivity contribution in [3.05, 3.63) is 53.6 Å². The fourth-order valence-corrected chi connectivity index (χ4v) is 3.17. The molecule has 2 aromatic carbocycles. The van der Waals surface area contributed by atoms with Crippen molar-refractivity contribution in [2.75, 3.05) is 33.4 Å². The summed E-state index contributed by atoms with van der Waals surface area (Å²) in [5.74, 6) is 1.78. The van der Waals surface area contributed by atoms with E-state index in [0.29, 0.717) is 48.6 Å². The zero-order chi connectivity index (χ0) is 19.9. The molecule has 0 spiro atoms. The maximum absolute atomic E-state index is 12.8. The number of carbonyl (C=O) groups is 1. The lowest BCUT2D eigenvalue weighted by atomic mass is 10.2. The predicted octanol–water partition coefficient (Wildman–Crippen LogP) is 3.42. The van der Waals surface area contributed by atoms with E-state index in [9.17, 15) is 4.79 Å². The molecule has 0 aromatic heterocycles. The average Bonchev–Trinajstić information content (AvgIpc) is 2.72. The molecule has 1 heterocycles. The van der Waals surface area contributed by atoms with Crippen molar-refractivity contribution >= 4 is 17.5 Å². The number of benzene rings is 2. The first-order valence-corrected chi connectivity index (χ1v) is 9.53. The number of amides is 1. The van der Waals surface area contributed by atoms with Gasteiger partial charge in [-0.1, -0.05) is 29.8 Å². The summed E-state index contributed by atoms with van der Waals surface area (Å²) in [6.45, 7) is 3.48. The summed E-state index contributed by atoms with van der Waals surface area (Å²) in [6.07, 6.45) is -0.840. The van der Waals surface area contributed by atoms with E-state index in [1.807, 2.05) is 24.3 Å². The first kappa shape index (κ1) is 20.3. The minimum atomic E-state index is -0.618. The molecule has 0 bridgehead atoms. The van der Waals surface area contributed by atoms with Gasteiger partial charge in [0.25, 0.3) is 5.91 Å². The molecule has 1 aliphatic heterocycles. The molecule has 2 atom stereocenters. The summed E-state index contributed by atoms with van der Waals surface area (Å²) in [4.78, 5) is 14.5. The van der Waals surface area contributed by atoms with E-state index in [1.165, 1.54) is 0 Å². The molecule has 0 aliphatic carbocycles. The van der Waals surface area contributed by atoms with Crippen molar-refractivity contribution in [2.45, 2.75) is 19.1 Å². The van der Waals surface area contributed by atoms with Gasteiger partial charge in [-0.2, -0.15) is 0 Å². The van der Waals surface area contributed by atoms with Crippen LogP contribution in [0.25, 0.3) is 0 Å². The second-order valence-corrected chi connectivity index (χ2v) is 6.89. The number of hydrogen-bond acceptors (Lipinski definition) is 5. The zero-order valence-corrected chi connectivity index (χ0v) is 16.7. The second-order valence-electron chi connectivity index (χ2n) is 6.46.